The molecule has 2 rings (SSSR count). The summed E-state index contributed by atoms with van der Waals surface area (Å²) in [5, 5.41) is 0. The van der Waals surface area contributed by atoms with Crippen molar-refractivity contribution in [3.05, 3.63) is 35.8 Å². The van der Waals surface area contributed by atoms with Crippen LogP contribution in [0.4, 0.5) is 0 Å². The smallest absolute Gasteiger partial charge is 0.131 e. The van der Waals surface area contributed by atoms with Crippen molar-refractivity contribution < 1.29 is 9.47 Å². The summed E-state index contributed by atoms with van der Waals surface area (Å²) < 4.78 is 10.7. The molecule has 1 heterocycles. The fraction of sp³-hybridized carbons (Fsp3) is 0.375. The van der Waals surface area contributed by atoms with Crippen molar-refractivity contribution in [2.24, 2.45) is 0 Å². The second kappa shape index (κ2) is 5.90. The van der Waals surface area contributed by atoms with Gasteiger partial charge in [0.2, 0.25) is 0 Å². The van der Waals surface area contributed by atoms with Crippen molar-refractivity contribution in [1.82, 2.24) is 9.97 Å². The molecule has 20 heavy (non-hydrogen) atoms. The Balaban J connectivity index is 2.56. The Morgan fingerprint density at radius 1 is 1.00 bits per heavy atom. The molecule has 0 radical (unpaired) electrons. The number of aryl methyl sites for hydroxylation is 1. The molecule has 0 aliphatic heterocycles. The highest BCUT2D eigenvalue weighted by atomic mass is 16.5. The summed E-state index contributed by atoms with van der Waals surface area (Å²) in [5.41, 5.74) is 2.85. The molecule has 0 bridgehead atoms. The van der Waals surface area contributed by atoms with Crippen LogP contribution in [0.3, 0.4) is 0 Å². The molecule has 0 N–H and O–H groups in total. The maximum Gasteiger partial charge on any atom is 0.131 e. The summed E-state index contributed by atoms with van der Waals surface area (Å²) in [7, 11) is 3.29. The number of ether oxygens (including phenoxy) is 2. The molecule has 0 atom stereocenters. The van der Waals surface area contributed by atoms with Crippen molar-refractivity contribution in [3.63, 3.8) is 0 Å². The van der Waals surface area contributed by atoms with Gasteiger partial charge in [-0.15, -0.1) is 0 Å². The lowest BCUT2D eigenvalue weighted by Gasteiger charge is -2.12. The molecule has 106 valence electrons. The summed E-state index contributed by atoms with van der Waals surface area (Å²) in [6.45, 7) is 6.15. The number of hydrogen-bond donors (Lipinski definition) is 0. The van der Waals surface area contributed by atoms with E-state index >= 15 is 0 Å². The van der Waals surface area contributed by atoms with Crippen LogP contribution in [0.5, 0.6) is 11.5 Å². The number of hydrogen-bond acceptors (Lipinski definition) is 4. The summed E-state index contributed by atoms with van der Waals surface area (Å²) in [6.07, 6.45) is 0. The van der Waals surface area contributed by atoms with Gasteiger partial charge in [-0.1, -0.05) is 13.8 Å². The summed E-state index contributed by atoms with van der Waals surface area (Å²) >= 11 is 0. The Hall–Kier alpha value is -2.10. The third kappa shape index (κ3) is 2.90. The van der Waals surface area contributed by atoms with E-state index in [1.165, 1.54) is 0 Å². The van der Waals surface area contributed by atoms with Gasteiger partial charge in [0.1, 0.15) is 17.3 Å². The van der Waals surface area contributed by atoms with Crippen LogP contribution in [-0.2, 0) is 0 Å². The standard InChI is InChI=1S/C16H20N2O2/c1-10(2)14-9-15(18-11(3)17-14)13-7-6-12(19-4)8-16(13)20-5/h6-10H,1-5H3. The lowest BCUT2D eigenvalue weighted by molar-refractivity contribution is 0.395. The number of aromatic nitrogens is 2. The van der Waals surface area contributed by atoms with Gasteiger partial charge in [0.05, 0.1) is 19.9 Å². The molecule has 0 aliphatic rings. The predicted octanol–water partition coefficient (Wildman–Crippen LogP) is 3.59. The summed E-state index contributed by atoms with van der Waals surface area (Å²) in [5.74, 6) is 2.64. The van der Waals surface area contributed by atoms with E-state index in [2.05, 4.69) is 23.8 Å². The minimum Gasteiger partial charge on any atom is -0.497 e. The molecular formula is C16H20N2O2. The van der Waals surface area contributed by atoms with E-state index in [-0.39, 0.29) is 0 Å². The topological polar surface area (TPSA) is 44.2 Å². The average molecular weight is 272 g/mol. The predicted molar refractivity (Wildman–Crippen MR) is 79.4 cm³/mol. The summed E-state index contributed by atoms with van der Waals surface area (Å²) in [6, 6.07) is 7.75. The van der Waals surface area contributed by atoms with E-state index < -0.39 is 0 Å². The zero-order valence-electron chi connectivity index (χ0n) is 12.6. The molecule has 0 amide bonds. The van der Waals surface area contributed by atoms with Gasteiger partial charge in [-0.05, 0) is 31.0 Å². The van der Waals surface area contributed by atoms with Gasteiger partial charge in [0.25, 0.3) is 0 Å². The SMILES string of the molecule is COc1ccc(-c2cc(C(C)C)nc(C)n2)c(OC)c1. The van der Waals surface area contributed by atoms with Crippen LogP contribution in [0.15, 0.2) is 24.3 Å². The molecular weight excluding hydrogens is 252 g/mol. The molecule has 1 aromatic heterocycles. The number of nitrogens with zero attached hydrogens (tertiary/aromatic N) is 2. The number of rotatable bonds is 4. The number of methoxy groups -OCH3 is 2. The van der Waals surface area contributed by atoms with E-state index in [9.17, 15) is 0 Å². The molecule has 4 heteroatoms. The Bertz CT molecular complexity index is 609. The van der Waals surface area contributed by atoms with Gasteiger partial charge in [-0.3, -0.25) is 0 Å². The molecule has 0 fully saturated rings. The molecule has 0 spiro atoms. The van der Waals surface area contributed by atoms with Crippen molar-refractivity contribution in [3.8, 4) is 22.8 Å². The van der Waals surface area contributed by atoms with E-state index in [4.69, 9.17) is 9.47 Å². The molecule has 1 aromatic carbocycles. The maximum atomic E-state index is 5.44. The highest BCUT2D eigenvalue weighted by Crippen LogP contribution is 2.33. The minimum atomic E-state index is 0.361. The Morgan fingerprint density at radius 3 is 2.35 bits per heavy atom. The first kappa shape index (κ1) is 14.3. The van der Waals surface area contributed by atoms with Gasteiger partial charge in [0.15, 0.2) is 0 Å². The van der Waals surface area contributed by atoms with Gasteiger partial charge in [-0.25, -0.2) is 9.97 Å². The van der Waals surface area contributed by atoms with Crippen LogP contribution in [0, 0.1) is 6.92 Å². The summed E-state index contributed by atoms with van der Waals surface area (Å²) in [4.78, 5) is 8.99. The highest BCUT2D eigenvalue weighted by molar-refractivity contribution is 5.68. The van der Waals surface area contributed by atoms with E-state index in [0.717, 1.165) is 34.3 Å². The van der Waals surface area contributed by atoms with Gasteiger partial charge < -0.3 is 9.47 Å². The van der Waals surface area contributed by atoms with Gasteiger partial charge >= 0.3 is 0 Å². The first-order chi connectivity index (χ1) is 9.55. The van der Waals surface area contributed by atoms with Crippen molar-refractivity contribution >= 4 is 0 Å². The monoisotopic (exact) mass is 272 g/mol. The van der Waals surface area contributed by atoms with E-state index in [1.54, 1.807) is 14.2 Å². The molecule has 2 aromatic rings. The number of benzene rings is 1. The quantitative estimate of drug-likeness (QED) is 0.853. The molecule has 0 saturated heterocycles. The Kier molecular flexibility index (Phi) is 4.23. The van der Waals surface area contributed by atoms with Crippen molar-refractivity contribution in [2.45, 2.75) is 26.7 Å². The second-order valence-corrected chi connectivity index (χ2v) is 4.95. The van der Waals surface area contributed by atoms with Crippen LogP contribution in [0.1, 0.15) is 31.3 Å². The average Bonchev–Trinajstić information content (AvgIpc) is 2.45. The lowest BCUT2D eigenvalue weighted by atomic mass is 10.1. The van der Waals surface area contributed by atoms with Crippen LogP contribution in [-0.4, -0.2) is 24.2 Å². The fourth-order valence-electron chi connectivity index (χ4n) is 2.03. The third-order valence-corrected chi connectivity index (χ3v) is 3.13. The Morgan fingerprint density at radius 2 is 1.75 bits per heavy atom. The normalized spacial score (nSPS) is 10.7. The van der Waals surface area contributed by atoms with E-state index in [1.807, 2.05) is 31.2 Å². The first-order valence-electron chi connectivity index (χ1n) is 6.63. The first-order valence-corrected chi connectivity index (χ1v) is 6.63. The van der Waals surface area contributed by atoms with Gasteiger partial charge in [-0.2, -0.15) is 0 Å². The van der Waals surface area contributed by atoms with Crippen molar-refractivity contribution in [2.75, 3.05) is 14.2 Å². The van der Waals surface area contributed by atoms with Crippen LogP contribution in [0.25, 0.3) is 11.3 Å². The lowest BCUT2D eigenvalue weighted by Crippen LogP contribution is -2.00. The zero-order chi connectivity index (χ0) is 14.7. The highest BCUT2D eigenvalue weighted by Gasteiger charge is 2.12. The van der Waals surface area contributed by atoms with Gasteiger partial charge in [0, 0.05) is 17.3 Å². The Labute approximate surface area is 119 Å². The van der Waals surface area contributed by atoms with E-state index in [0.29, 0.717) is 5.92 Å². The zero-order valence-corrected chi connectivity index (χ0v) is 12.6. The van der Waals surface area contributed by atoms with Crippen molar-refractivity contribution in [1.29, 1.82) is 0 Å². The maximum absolute atomic E-state index is 5.44. The fourth-order valence-corrected chi connectivity index (χ4v) is 2.03. The van der Waals surface area contributed by atoms with Crippen LogP contribution < -0.4 is 9.47 Å². The molecule has 0 saturated carbocycles. The second-order valence-electron chi connectivity index (χ2n) is 4.95. The largest absolute Gasteiger partial charge is 0.497 e. The minimum absolute atomic E-state index is 0.361. The molecule has 0 aliphatic carbocycles. The van der Waals surface area contributed by atoms with Crippen LogP contribution in [0.2, 0.25) is 0 Å². The molecule has 0 unspecified atom stereocenters. The van der Waals surface area contributed by atoms with Crippen LogP contribution >= 0.6 is 0 Å². The third-order valence-electron chi connectivity index (χ3n) is 3.13. The molecule has 4 nitrogen and oxygen atoms in total.